The lowest BCUT2D eigenvalue weighted by Gasteiger charge is -2.14. The number of allylic oxidation sites excluding steroid dienone is 1. The molecule has 0 aliphatic heterocycles. The Balaban J connectivity index is 2.01. The first kappa shape index (κ1) is 17.4. The van der Waals surface area contributed by atoms with Crippen molar-refractivity contribution in [2.45, 2.75) is 13.3 Å². The molecule has 0 bridgehead atoms. The molecule has 1 heterocycles. The van der Waals surface area contributed by atoms with Gasteiger partial charge in [-0.05, 0) is 31.0 Å². The van der Waals surface area contributed by atoms with Crippen molar-refractivity contribution in [1.82, 2.24) is 9.97 Å². The molecular formula is C21H18N3O2-. The molecule has 1 N–H and O–H groups in total. The predicted molar refractivity (Wildman–Crippen MR) is 100 cm³/mol. The highest BCUT2D eigenvalue weighted by atomic mass is 16.4. The molecular weight excluding hydrogens is 326 g/mol. The largest absolute Gasteiger partial charge is 0.545 e. The third-order valence-corrected chi connectivity index (χ3v) is 3.98. The maximum Gasteiger partial charge on any atom is 0.161 e. The van der Waals surface area contributed by atoms with E-state index in [1.807, 2.05) is 37.3 Å². The number of carboxylic acid groups (broad SMARTS) is 1. The highest BCUT2D eigenvalue weighted by Gasteiger charge is 2.12. The van der Waals surface area contributed by atoms with Gasteiger partial charge in [-0.25, -0.2) is 9.97 Å². The van der Waals surface area contributed by atoms with Crippen LogP contribution in [0.2, 0.25) is 0 Å². The summed E-state index contributed by atoms with van der Waals surface area (Å²) in [5.41, 5.74) is 3.61. The fraction of sp³-hybridized carbons (Fsp3) is 0.0952. The molecule has 0 radical (unpaired) electrons. The van der Waals surface area contributed by atoms with Gasteiger partial charge >= 0.3 is 0 Å². The van der Waals surface area contributed by atoms with Crippen LogP contribution >= 0.6 is 0 Å². The van der Waals surface area contributed by atoms with Crippen LogP contribution in [0.5, 0.6) is 0 Å². The number of hydrogen-bond donors (Lipinski definition) is 1. The fourth-order valence-corrected chi connectivity index (χ4v) is 2.63. The summed E-state index contributed by atoms with van der Waals surface area (Å²) in [6, 6.07) is 16.1. The molecule has 0 amide bonds. The molecule has 0 saturated carbocycles. The van der Waals surface area contributed by atoms with Gasteiger partial charge in [0.15, 0.2) is 5.82 Å². The Bertz CT molecular complexity index is 935. The zero-order valence-corrected chi connectivity index (χ0v) is 14.4. The molecule has 0 spiro atoms. The third kappa shape index (κ3) is 3.78. The summed E-state index contributed by atoms with van der Waals surface area (Å²) in [6.07, 6.45) is 2.43. The summed E-state index contributed by atoms with van der Waals surface area (Å²) < 4.78 is 0. The van der Waals surface area contributed by atoms with Crippen LogP contribution in [0.3, 0.4) is 0 Å². The minimum absolute atomic E-state index is 0.130. The molecule has 3 rings (SSSR count). The minimum Gasteiger partial charge on any atom is -0.545 e. The summed E-state index contributed by atoms with van der Waals surface area (Å²) >= 11 is 0. The van der Waals surface area contributed by atoms with Crippen molar-refractivity contribution >= 4 is 17.5 Å². The normalized spacial score (nSPS) is 10.3. The number of nitrogens with zero attached hydrogens (tertiary/aromatic N) is 2. The molecule has 1 aromatic heterocycles. The van der Waals surface area contributed by atoms with E-state index in [4.69, 9.17) is 0 Å². The quantitative estimate of drug-likeness (QED) is 0.694. The molecule has 0 fully saturated rings. The van der Waals surface area contributed by atoms with Crippen molar-refractivity contribution in [3.05, 3.63) is 84.1 Å². The van der Waals surface area contributed by atoms with Crippen LogP contribution in [-0.4, -0.2) is 15.9 Å². The van der Waals surface area contributed by atoms with E-state index in [1.54, 1.807) is 18.2 Å². The van der Waals surface area contributed by atoms with Crippen LogP contribution in [0.25, 0.3) is 11.4 Å². The van der Waals surface area contributed by atoms with Crippen LogP contribution in [0.15, 0.2) is 67.3 Å². The smallest absolute Gasteiger partial charge is 0.161 e. The second kappa shape index (κ2) is 7.61. The zero-order chi connectivity index (χ0) is 18.5. The van der Waals surface area contributed by atoms with Crippen molar-refractivity contribution in [2.24, 2.45) is 0 Å². The first-order chi connectivity index (χ1) is 12.6. The lowest BCUT2D eigenvalue weighted by molar-refractivity contribution is -0.255. The molecule has 5 nitrogen and oxygen atoms in total. The summed E-state index contributed by atoms with van der Waals surface area (Å²) in [4.78, 5) is 20.2. The van der Waals surface area contributed by atoms with E-state index < -0.39 is 5.97 Å². The number of carbonyl (C=O) groups is 1. The topological polar surface area (TPSA) is 77.9 Å². The molecule has 5 heteroatoms. The Morgan fingerprint density at radius 3 is 2.42 bits per heavy atom. The van der Waals surface area contributed by atoms with Gasteiger partial charge in [0.1, 0.15) is 5.82 Å². The molecule has 130 valence electrons. The van der Waals surface area contributed by atoms with Crippen molar-refractivity contribution in [3.8, 4) is 11.4 Å². The number of hydrogen-bond acceptors (Lipinski definition) is 5. The van der Waals surface area contributed by atoms with Gasteiger partial charge in [-0.2, -0.15) is 0 Å². The number of benzene rings is 2. The van der Waals surface area contributed by atoms with Crippen LogP contribution in [0.1, 0.15) is 21.6 Å². The van der Waals surface area contributed by atoms with Crippen molar-refractivity contribution < 1.29 is 9.90 Å². The molecule has 3 aromatic rings. The molecule has 0 aliphatic carbocycles. The lowest BCUT2D eigenvalue weighted by atomic mass is 10.1. The Morgan fingerprint density at radius 1 is 1.12 bits per heavy atom. The second-order valence-electron chi connectivity index (χ2n) is 5.81. The SMILES string of the molecule is C=CCc1c(C)nc(-c2ccccc2)nc1Nc1ccc(C(=O)[O-])cc1. The standard InChI is InChI=1S/C21H19N3O2/c1-3-7-18-14(2)22-19(15-8-5-4-6-9-15)24-20(18)23-17-12-10-16(11-13-17)21(25)26/h3-6,8-13H,1,7H2,2H3,(H,25,26)(H,22,23,24)/p-1. The number of rotatable bonds is 6. The number of nitrogens with one attached hydrogen (secondary N) is 1. The van der Waals surface area contributed by atoms with Gasteiger partial charge in [0.05, 0.1) is 5.97 Å². The molecule has 0 saturated heterocycles. The lowest BCUT2D eigenvalue weighted by Crippen LogP contribution is -2.21. The number of aryl methyl sites for hydroxylation is 1. The van der Waals surface area contributed by atoms with Gasteiger partial charge in [0.2, 0.25) is 0 Å². The molecule has 26 heavy (non-hydrogen) atoms. The first-order valence-electron chi connectivity index (χ1n) is 8.20. The second-order valence-corrected chi connectivity index (χ2v) is 5.81. The first-order valence-corrected chi connectivity index (χ1v) is 8.20. The summed E-state index contributed by atoms with van der Waals surface area (Å²) in [5, 5.41) is 14.2. The fourth-order valence-electron chi connectivity index (χ4n) is 2.63. The molecule has 0 atom stereocenters. The van der Waals surface area contributed by atoms with E-state index in [9.17, 15) is 9.90 Å². The van der Waals surface area contributed by atoms with Crippen LogP contribution in [0, 0.1) is 6.92 Å². The van der Waals surface area contributed by atoms with Crippen LogP contribution < -0.4 is 10.4 Å². The van der Waals surface area contributed by atoms with E-state index in [0.717, 1.165) is 22.5 Å². The number of aromatic carboxylic acids is 1. The van der Waals surface area contributed by atoms with Crippen molar-refractivity contribution in [1.29, 1.82) is 0 Å². The average Bonchev–Trinajstić information content (AvgIpc) is 2.65. The van der Waals surface area contributed by atoms with Crippen molar-refractivity contribution in [3.63, 3.8) is 0 Å². The van der Waals surface area contributed by atoms with E-state index in [1.165, 1.54) is 12.1 Å². The van der Waals surface area contributed by atoms with Gasteiger partial charge in [0.25, 0.3) is 0 Å². The number of anilines is 2. The van der Waals surface area contributed by atoms with Crippen LogP contribution in [0.4, 0.5) is 11.5 Å². The van der Waals surface area contributed by atoms with E-state index >= 15 is 0 Å². The van der Waals surface area contributed by atoms with Gasteiger partial charge in [-0.3, -0.25) is 0 Å². The van der Waals surface area contributed by atoms with E-state index in [-0.39, 0.29) is 5.56 Å². The van der Waals surface area contributed by atoms with Gasteiger partial charge in [0, 0.05) is 22.5 Å². The Labute approximate surface area is 152 Å². The summed E-state index contributed by atoms with van der Waals surface area (Å²) in [7, 11) is 0. The van der Waals surface area contributed by atoms with Crippen molar-refractivity contribution in [2.75, 3.05) is 5.32 Å². The number of carbonyl (C=O) groups excluding carboxylic acids is 1. The molecule has 0 unspecified atom stereocenters. The molecule has 0 aliphatic rings. The summed E-state index contributed by atoms with van der Waals surface area (Å²) in [6.45, 7) is 5.74. The Hall–Kier alpha value is -3.47. The Morgan fingerprint density at radius 2 is 1.81 bits per heavy atom. The number of carboxylic acids is 1. The third-order valence-electron chi connectivity index (χ3n) is 3.98. The average molecular weight is 344 g/mol. The monoisotopic (exact) mass is 344 g/mol. The Kier molecular flexibility index (Phi) is 5.08. The highest BCUT2D eigenvalue weighted by molar-refractivity contribution is 5.86. The zero-order valence-electron chi connectivity index (χ0n) is 14.4. The van der Waals surface area contributed by atoms with E-state index in [0.29, 0.717) is 18.1 Å². The van der Waals surface area contributed by atoms with Gasteiger partial charge in [-0.1, -0.05) is 48.5 Å². The van der Waals surface area contributed by atoms with Gasteiger partial charge in [-0.15, -0.1) is 6.58 Å². The molecule has 2 aromatic carbocycles. The van der Waals surface area contributed by atoms with Crippen LogP contribution in [-0.2, 0) is 6.42 Å². The van der Waals surface area contributed by atoms with Gasteiger partial charge < -0.3 is 15.2 Å². The predicted octanol–water partition coefficient (Wildman–Crippen LogP) is 3.29. The maximum atomic E-state index is 10.9. The maximum absolute atomic E-state index is 10.9. The summed E-state index contributed by atoms with van der Waals surface area (Å²) in [5.74, 6) is 0.107. The minimum atomic E-state index is -1.20. The van der Waals surface area contributed by atoms with E-state index in [2.05, 4.69) is 21.9 Å². The highest BCUT2D eigenvalue weighted by Crippen LogP contribution is 2.26. The number of aromatic nitrogens is 2.